The lowest BCUT2D eigenvalue weighted by molar-refractivity contribution is 0.318. The standard InChI is InChI=1S/C16H30N4S/c1-7-10-14(16(21-6)18-11-8-2)15(17)20(5)13-12-19(4)9-3/h7-8,10,17-18H,2,9,11-13H2,1,3-6H3/b10-7+,16-14+,17-15?. The van der Waals surface area contributed by atoms with Crippen LogP contribution in [0.1, 0.15) is 13.8 Å². The molecule has 120 valence electrons. The summed E-state index contributed by atoms with van der Waals surface area (Å²) in [6, 6.07) is 0. The number of amidine groups is 1. The minimum Gasteiger partial charge on any atom is -0.376 e. The van der Waals surface area contributed by atoms with Crippen molar-refractivity contribution in [2.45, 2.75) is 13.8 Å². The third-order valence-corrected chi connectivity index (χ3v) is 3.96. The van der Waals surface area contributed by atoms with Crippen molar-refractivity contribution < 1.29 is 0 Å². The van der Waals surface area contributed by atoms with Gasteiger partial charge in [-0.1, -0.05) is 25.2 Å². The first-order chi connectivity index (χ1) is 10.0. The minimum atomic E-state index is 0.540. The highest BCUT2D eigenvalue weighted by Gasteiger charge is 2.13. The van der Waals surface area contributed by atoms with Crippen LogP contribution in [0.15, 0.2) is 35.4 Å². The molecule has 0 bridgehead atoms. The van der Waals surface area contributed by atoms with Gasteiger partial charge in [0.1, 0.15) is 5.84 Å². The zero-order valence-corrected chi connectivity index (χ0v) is 14.9. The van der Waals surface area contributed by atoms with Crippen LogP contribution in [0.3, 0.4) is 0 Å². The van der Waals surface area contributed by atoms with Crippen molar-refractivity contribution in [3.8, 4) is 0 Å². The molecule has 21 heavy (non-hydrogen) atoms. The number of rotatable bonds is 10. The molecular formula is C16H30N4S. The maximum Gasteiger partial charge on any atom is 0.130 e. The fourth-order valence-electron chi connectivity index (χ4n) is 1.67. The summed E-state index contributed by atoms with van der Waals surface area (Å²) in [5.41, 5.74) is 0.925. The van der Waals surface area contributed by atoms with Gasteiger partial charge in [0.25, 0.3) is 0 Å². The summed E-state index contributed by atoms with van der Waals surface area (Å²) in [6.45, 7) is 11.4. The van der Waals surface area contributed by atoms with E-state index in [1.807, 2.05) is 43.4 Å². The van der Waals surface area contributed by atoms with Gasteiger partial charge < -0.3 is 15.1 Å². The summed E-state index contributed by atoms with van der Waals surface area (Å²) in [4.78, 5) is 4.24. The molecule has 0 aliphatic heterocycles. The van der Waals surface area contributed by atoms with Crippen molar-refractivity contribution in [3.05, 3.63) is 35.4 Å². The molecule has 0 aromatic heterocycles. The zero-order chi connectivity index (χ0) is 16.3. The van der Waals surface area contributed by atoms with Gasteiger partial charge in [-0.2, -0.15) is 0 Å². The fraction of sp³-hybridized carbons (Fsp3) is 0.562. The smallest absolute Gasteiger partial charge is 0.130 e. The molecule has 4 nitrogen and oxygen atoms in total. The summed E-state index contributed by atoms with van der Waals surface area (Å²) >= 11 is 1.62. The molecule has 0 saturated carbocycles. The highest BCUT2D eigenvalue weighted by Crippen LogP contribution is 2.17. The van der Waals surface area contributed by atoms with E-state index in [0.29, 0.717) is 12.4 Å². The number of thioether (sulfide) groups is 1. The lowest BCUT2D eigenvalue weighted by atomic mass is 10.2. The first kappa shape index (κ1) is 19.8. The Morgan fingerprint density at radius 3 is 2.48 bits per heavy atom. The van der Waals surface area contributed by atoms with E-state index in [2.05, 4.69) is 30.8 Å². The number of nitrogens with zero attached hydrogens (tertiary/aromatic N) is 2. The fourth-order valence-corrected chi connectivity index (χ4v) is 2.28. The summed E-state index contributed by atoms with van der Waals surface area (Å²) in [7, 11) is 4.07. The predicted molar refractivity (Wildman–Crippen MR) is 97.1 cm³/mol. The van der Waals surface area contributed by atoms with E-state index in [1.165, 1.54) is 0 Å². The Labute approximate surface area is 134 Å². The molecule has 0 amide bonds. The summed E-state index contributed by atoms with van der Waals surface area (Å²) in [6.07, 6.45) is 7.81. The van der Waals surface area contributed by atoms with Crippen LogP contribution in [0.4, 0.5) is 0 Å². The monoisotopic (exact) mass is 310 g/mol. The molecule has 0 rings (SSSR count). The summed E-state index contributed by atoms with van der Waals surface area (Å²) in [5.74, 6) is 0.540. The largest absolute Gasteiger partial charge is 0.376 e. The van der Waals surface area contributed by atoms with Gasteiger partial charge in [0.2, 0.25) is 0 Å². The van der Waals surface area contributed by atoms with Crippen LogP contribution in [0, 0.1) is 5.41 Å². The summed E-state index contributed by atoms with van der Waals surface area (Å²) in [5, 5.41) is 12.8. The van der Waals surface area contributed by atoms with Crippen molar-refractivity contribution in [1.29, 1.82) is 5.41 Å². The van der Waals surface area contributed by atoms with E-state index >= 15 is 0 Å². The lowest BCUT2D eigenvalue weighted by Crippen LogP contribution is -2.35. The zero-order valence-electron chi connectivity index (χ0n) is 14.1. The van der Waals surface area contributed by atoms with E-state index in [0.717, 1.165) is 30.2 Å². The van der Waals surface area contributed by atoms with E-state index < -0.39 is 0 Å². The van der Waals surface area contributed by atoms with E-state index in [9.17, 15) is 0 Å². The number of allylic oxidation sites excluding steroid dienone is 1. The van der Waals surface area contributed by atoms with E-state index in [4.69, 9.17) is 5.41 Å². The Bertz CT molecular complexity index is 388. The molecule has 0 fully saturated rings. The van der Waals surface area contributed by atoms with Gasteiger partial charge in [0.15, 0.2) is 0 Å². The van der Waals surface area contributed by atoms with Crippen LogP contribution in [0.2, 0.25) is 0 Å². The SMILES string of the molecule is C=CCN/C(SC)=C(/C=C/C)C(=N)N(C)CCN(C)CC. The van der Waals surface area contributed by atoms with Gasteiger partial charge in [-0.3, -0.25) is 5.41 Å². The maximum absolute atomic E-state index is 8.45. The molecule has 0 aromatic rings. The molecule has 0 radical (unpaired) electrons. The second-order valence-corrected chi connectivity index (χ2v) is 5.60. The minimum absolute atomic E-state index is 0.540. The number of hydrogen-bond donors (Lipinski definition) is 2. The Balaban J connectivity index is 5.03. The highest BCUT2D eigenvalue weighted by atomic mass is 32.2. The quantitative estimate of drug-likeness (QED) is 0.282. The molecule has 0 unspecified atom stereocenters. The Kier molecular flexibility index (Phi) is 10.8. The normalized spacial score (nSPS) is 12.5. The molecule has 0 aromatic carbocycles. The van der Waals surface area contributed by atoms with Crippen LogP contribution in [0.5, 0.6) is 0 Å². The number of nitrogens with one attached hydrogen (secondary N) is 2. The van der Waals surface area contributed by atoms with Crippen LogP contribution in [-0.4, -0.2) is 62.2 Å². The molecule has 0 saturated heterocycles. The van der Waals surface area contributed by atoms with Crippen LogP contribution in [-0.2, 0) is 0 Å². The molecule has 0 spiro atoms. The second-order valence-electron chi connectivity index (χ2n) is 4.78. The topological polar surface area (TPSA) is 42.4 Å². The van der Waals surface area contributed by atoms with Gasteiger partial charge in [-0.15, -0.1) is 18.3 Å². The molecule has 5 heteroatoms. The maximum atomic E-state index is 8.45. The first-order valence-corrected chi connectivity index (χ1v) is 8.48. The molecule has 0 atom stereocenters. The number of hydrogen-bond acceptors (Lipinski definition) is 4. The molecule has 2 N–H and O–H groups in total. The van der Waals surface area contributed by atoms with Crippen LogP contribution < -0.4 is 5.32 Å². The lowest BCUT2D eigenvalue weighted by Gasteiger charge is -2.25. The molecule has 0 aliphatic carbocycles. The van der Waals surface area contributed by atoms with Crippen molar-refractivity contribution in [1.82, 2.24) is 15.1 Å². The van der Waals surface area contributed by atoms with Crippen molar-refractivity contribution in [3.63, 3.8) is 0 Å². The predicted octanol–water partition coefficient (Wildman–Crippen LogP) is 2.77. The first-order valence-electron chi connectivity index (χ1n) is 7.26. The molecule has 0 aliphatic rings. The second kappa shape index (κ2) is 11.5. The van der Waals surface area contributed by atoms with Gasteiger partial charge in [-0.05, 0) is 26.8 Å². The molecular weight excluding hydrogens is 280 g/mol. The average molecular weight is 311 g/mol. The van der Waals surface area contributed by atoms with Crippen molar-refractivity contribution >= 4 is 17.6 Å². The Morgan fingerprint density at radius 2 is 2.00 bits per heavy atom. The van der Waals surface area contributed by atoms with Crippen LogP contribution in [0.25, 0.3) is 0 Å². The Hall–Kier alpha value is -1.20. The van der Waals surface area contributed by atoms with Gasteiger partial charge in [0, 0.05) is 32.3 Å². The number of likely N-dealkylation sites (N-methyl/N-ethyl adjacent to an activating group) is 2. The third kappa shape index (κ3) is 7.39. The highest BCUT2D eigenvalue weighted by molar-refractivity contribution is 8.02. The average Bonchev–Trinajstić information content (AvgIpc) is 2.50. The van der Waals surface area contributed by atoms with Crippen LogP contribution >= 0.6 is 11.8 Å². The Morgan fingerprint density at radius 1 is 1.33 bits per heavy atom. The van der Waals surface area contributed by atoms with Gasteiger partial charge in [0.05, 0.1) is 5.03 Å². The molecule has 0 heterocycles. The van der Waals surface area contributed by atoms with Gasteiger partial charge in [-0.25, -0.2) is 0 Å². The van der Waals surface area contributed by atoms with E-state index in [-0.39, 0.29) is 0 Å². The van der Waals surface area contributed by atoms with Gasteiger partial charge >= 0.3 is 0 Å². The van der Waals surface area contributed by atoms with Crippen molar-refractivity contribution in [2.75, 3.05) is 46.5 Å². The van der Waals surface area contributed by atoms with E-state index in [1.54, 1.807) is 11.8 Å². The van der Waals surface area contributed by atoms with Crippen molar-refractivity contribution in [2.24, 2.45) is 0 Å². The summed E-state index contributed by atoms with van der Waals surface area (Å²) < 4.78 is 0. The third-order valence-electron chi connectivity index (χ3n) is 3.18.